The highest BCUT2D eigenvalue weighted by Gasteiger charge is 2.28. The van der Waals surface area contributed by atoms with Gasteiger partial charge in [-0.15, -0.1) is 0 Å². The number of carbonyl (C=O) groups is 1. The first kappa shape index (κ1) is 17.6. The van der Waals surface area contributed by atoms with Crippen LogP contribution in [0, 0.1) is 0 Å². The molecule has 1 aromatic rings. The second-order valence-corrected chi connectivity index (χ2v) is 7.39. The molecule has 8 nitrogen and oxygen atoms in total. The van der Waals surface area contributed by atoms with Gasteiger partial charge in [-0.05, 0) is 25.5 Å². The van der Waals surface area contributed by atoms with Crippen molar-refractivity contribution in [2.24, 2.45) is 0 Å². The van der Waals surface area contributed by atoms with Gasteiger partial charge in [0.2, 0.25) is 0 Å². The molecule has 9 heteroatoms. The van der Waals surface area contributed by atoms with E-state index >= 15 is 0 Å². The quantitative estimate of drug-likeness (QED) is 0.797. The molecule has 0 aromatic carbocycles. The number of hydrogen-bond donors (Lipinski definition) is 2. The van der Waals surface area contributed by atoms with Gasteiger partial charge in [0.1, 0.15) is 0 Å². The fourth-order valence-corrected chi connectivity index (χ4v) is 3.68. The summed E-state index contributed by atoms with van der Waals surface area (Å²) >= 11 is 0. The minimum absolute atomic E-state index is 0.152. The molecule has 2 heterocycles. The summed E-state index contributed by atoms with van der Waals surface area (Å²) in [5.41, 5.74) is 0.920. The molecule has 0 spiro atoms. The molecule has 1 aliphatic heterocycles. The molecule has 0 atom stereocenters. The fraction of sp³-hybridized carbons (Fsp3) is 0.571. The van der Waals surface area contributed by atoms with Crippen molar-refractivity contribution in [3.05, 3.63) is 30.1 Å². The summed E-state index contributed by atoms with van der Waals surface area (Å²) in [6.45, 7) is 5.29. The predicted molar refractivity (Wildman–Crippen MR) is 86.8 cm³/mol. The first-order chi connectivity index (χ1) is 10.9. The van der Waals surface area contributed by atoms with E-state index in [0.29, 0.717) is 32.7 Å². The maximum absolute atomic E-state index is 12.1. The van der Waals surface area contributed by atoms with Gasteiger partial charge in [-0.25, -0.2) is 4.79 Å². The van der Waals surface area contributed by atoms with Crippen LogP contribution in [-0.2, 0) is 16.8 Å². The Kier molecular flexibility index (Phi) is 5.91. The number of pyridine rings is 1. The Morgan fingerprint density at radius 2 is 2.00 bits per heavy atom. The lowest BCUT2D eigenvalue weighted by Gasteiger charge is -2.34. The first-order valence-electron chi connectivity index (χ1n) is 7.57. The zero-order valence-corrected chi connectivity index (χ0v) is 14.2. The number of piperazine rings is 1. The van der Waals surface area contributed by atoms with Crippen LogP contribution in [0.15, 0.2) is 24.5 Å². The minimum Gasteiger partial charge on any atom is -0.334 e. The molecule has 2 N–H and O–H groups in total. The lowest BCUT2D eigenvalue weighted by Crippen LogP contribution is -2.55. The van der Waals surface area contributed by atoms with E-state index in [2.05, 4.69) is 15.0 Å². The van der Waals surface area contributed by atoms with E-state index in [4.69, 9.17) is 0 Å². The van der Waals surface area contributed by atoms with Crippen molar-refractivity contribution in [1.82, 2.24) is 24.2 Å². The third-order valence-electron chi connectivity index (χ3n) is 3.42. The molecule has 23 heavy (non-hydrogen) atoms. The Morgan fingerprint density at radius 1 is 1.30 bits per heavy atom. The Morgan fingerprint density at radius 3 is 2.57 bits per heavy atom. The Balaban J connectivity index is 1.81. The summed E-state index contributed by atoms with van der Waals surface area (Å²) in [5.74, 6) is 0. The van der Waals surface area contributed by atoms with Gasteiger partial charge in [-0.1, -0.05) is 6.07 Å². The van der Waals surface area contributed by atoms with Crippen molar-refractivity contribution in [3.63, 3.8) is 0 Å². The van der Waals surface area contributed by atoms with Crippen LogP contribution in [0.25, 0.3) is 0 Å². The second-order valence-electron chi connectivity index (χ2n) is 5.68. The van der Waals surface area contributed by atoms with Crippen molar-refractivity contribution in [2.75, 3.05) is 26.2 Å². The summed E-state index contributed by atoms with van der Waals surface area (Å²) in [6.07, 6.45) is 3.37. The maximum atomic E-state index is 12.1. The molecule has 1 saturated heterocycles. The number of nitrogens with one attached hydrogen (secondary N) is 2. The number of rotatable bonds is 5. The number of hydrogen-bond acceptors (Lipinski definition) is 4. The predicted octanol–water partition coefficient (Wildman–Crippen LogP) is 0.152. The number of nitrogens with zero attached hydrogens (tertiary/aromatic N) is 3. The maximum Gasteiger partial charge on any atom is 0.317 e. The topological polar surface area (TPSA) is 94.6 Å². The van der Waals surface area contributed by atoms with Crippen molar-refractivity contribution < 1.29 is 13.2 Å². The van der Waals surface area contributed by atoms with E-state index in [1.807, 2.05) is 12.1 Å². The van der Waals surface area contributed by atoms with Crippen LogP contribution in [0.1, 0.15) is 19.4 Å². The fourth-order valence-electron chi connectivity index (χ4n) is 2.30. The normalized spacial score (nSPS) is 16.6. The average molecular weight is 341 g/mol. The highest BCUT2D eigenvalue weighted by Crippen LogP contribution is 2.07. The molecule has 1 fully saturated rings. The van der Waals surface area contributed by atoms with Gasteiger partial charge in [-0.2, -0.15) is 17.4 Å². The third kappa shape index (κ3) is 5.15. The molecular weight excluding hydrogens is 318 g/mol. The van der Waals surface area contributed by atoms with Crippen LogP contribution in [0.2, 0.25) is 0 Å². The van der Waals surface area contributed by atoms with Crippen LogP contribution < -0.4 is 10.0 Å². The van der Waals surface area contributed by atoms with Gasteiger partial charge >= 0.3 is 6.03 Å². The zero-order chi connectivity index (χ0) is 16.9. The largest absolute Gasteiger partial charge is 0.334 e. The van der Waals surface area contributed by atoms with Gasteiger partial charge in [0.05, 0.1) is 0 Å². The molecule has 1 aromatic heterocycles. The molecular formula is C14H23N5O3S. The van der Waals surface area contributed by atoms with E-state index in [-0.39, 0.29) is 12.1 Å². The standard InChI is InChI=1S/C14H23N5O3S/c1-12(2)17-23(21,22)19-8-6-18(7-9-19)14(20)16-11-13-4-3-5-15-10-13/h3-5,10,12,17H,6-9,11H2,1-2H3,(H,16,20). The Labute approximate surface area is 137 Å². The van der Waals surface area contributed by atoms with Crippen molar-refractivity contribution in [2.45, 2.75) is 26.4 Å². The highest BCUT2D eigenvalue weighted by atomic mass is 32.2. The summed E-state index contributed by atoms with van der Waals surface area (Å²) in [7, 11) is -3.47. The van der Waals surface area contributed by atoms with Crippen LogP contribution in [0.3, 0.4) is 0 Å². The number of urea groups is 1. The van der Waals surface area contributed by atoms with Gasteiger partial charge < -0.3 is 10.2 Å². The second kappa shape index (κ2) is 7.71. The molecule has 0 aliphatic carbocycles. The minimum atomic E-state index is -3.47. The van der Waals surface area contributed by atoms with E-state index in [9.17, 15) is 13.2 Å². The van der Waals surface area contributed by atoms with E-state index in [1.54, 1.807) is 31.1 Å². The van der Waals surface area contributed by atoms with Gasteiger partial charge in [0, 0.05) is 51.2 Å². The Hall–Kier alpha value is -1.71. The monoisotopic (exact) mass is 341 g/mol. The van der Waals surface area contributed by atoms with Crippen molar-refractivity contribution in [3.8, 4) is 0 Å². The first-order valence-corrected chi connectivity index (χ1v) is 9.01. The summed E-state index contributed by atoms with van der Waals surface area (Å²) < 4.78 is 28.1. The molecule has 0 unspecified atom stereocenters. The van der Waals surface area contributed by atoms with Crippen molar-refractivity contribution >= 4 is 16.2 Å². The summed E-state index contributed by atoms with van der Waals surface area (Å²) in [6, 6.07) is 3.35. The molecule has 1 aliphatic rings. The van der Waals surface area contributed by atoms with Crippen LogP contribution in [0.5, 0.6) is 0 Å². The van der Waals surface area contributed by atoms with E-state index in [0.717, 1.165) is 5.56 Å². The lowest BCUT2D eigenvalue weighted by molar-refractivity contribution is 0.171. The zero-order valence-electron chi connectivity index (χ0n) is 13.4. The van der Waals surface area contributed by atoms with E-state index in [1.165, 1.54) is 4.31 Å². The number of carbonyl (C=O) groups excluding carboxylic acids is 1. The number of amides is 2. The molecule has 128 valence electrons. The third-order valence-corrected chi connectivity index (χ3v) is 5.23. The Bertz CT molecular complexity index is 613. The number of aromatic nitrogens is 1. The van der Waals surface area contributed by atoms with Gasteiger partial charge in [-0.3, -0.25) is 4.98 Å². The van der Waals surface area contributed by atoms with Gasteiger partial charge in [0.15, 0.2) is 0 Å². The smallest absolute Gasteiger partial charge is 0.317 e. The SMILES string of the molecule is CC(C)NS(=O)(=O)N1CCN(C(=O)NCc2cccnc2)CC1. The van der Waals surface area contributed by atoms with Crippen LogP contribution in [-0.4, -0.2) is 60.9 Å². The van der Waals surface area contributed by atoms with Crippen molar-refractivity contribution in [1.29, 1.82) is 0 Å². The molecule has 2 rings (SSSR count). The highest BCUT2D eigenvalue weighted by molar-refractivity contribution is 7.87. The summed E-state index contributed by atoms with van der Waals surface area (Å²) in [4.78, 5) is 17.7. The lowest BCUT2D eigenvalue weighted by atomic mass is 10.3. The van der Waals surface area contributed by atoms with E-state index < -0.39 is 10.2 Å². The molecule has 0 radical (unpaired) electrons. The van der Waals surface area contributed by atoms with Gasteiger partial charge in [0.25, 0.3) is 10.2 Å². The summed E-state index contributed by atoms with van der Waals surface area (Å²) in [5, 5.41) is 2.82. The molecule has 0 bridgehead atoms. The molecule has 2 amide bonds. The van der Waals surface area contributed by atoms with Crippen LogP contribution >= 0.6 is 0 Å². The van der Waals surface area contributed by atoms with Crippen LogP contribution in [0.4, 0.5) is 4.79 Å². The molecule has 0 saturated carbocycles. The average Bonchev–Trinajstić information content (AvgIpc) is 2.52.